The molecule has 1 aliphatic rings. The minimum Gasteiger partial charge on any atom is -0.353 e. The Labute approximate surface area is 199 Å². The fraction of sp³-hybridized carbons (Fsp3) is 0.364. The highest BCUT2D eigenvalue weighted by molar-refractivity contribution is 8.00. The largest absolute Gasteiger partial charge is 0.446 e. The number of alkyl halides is 3. The standard InChI is InChI=1S/C22H24F3N7OS/c1-14-12-15(2)32(29-14)20-13-19(26-16(3)27-20)30-8-10-31(11-9-30)21(33)28-17-4-6-18(7-5-17)34-22(23,24)25/h4-7,12-13H,8-11H2,1-3H3,(H,28,33). The number of carbonyl (C=O) groups excluding carboxylic acids is 1. The van der Waals surface area contributed by atoms with Crippen LogP contribution in [0.15, 0.2) is 41.3 Å². The van der Waals surface area contributed by atoms with E-state index >= 15 is 0 Å². The van der Waals surface area contributed by atoms with E-state index in [9.17, 15) is 18.0 Å². The molecule has 1 fully saturated rings. The van der Waals surface area contributed by atoms with Crippen LogP contribution in [-0.4, -0.2) is 62.4 Å². The van der Waals surface area contributed by atoms with Crippen molar-refractivity contribution in [2.45, 2.75) is 31.2 Å². The number of urea groups is 1. The number of nitrogens with one attached hydrogen (secondary N) is 1. The Balaban J connectivity index is 1.37. The summed E-state index contributed by atoms with van der Waals surface area (Å²) in [6.07, 6.45) is 0. The van der Waals surface area contributed by atoms with Crippen molar-refractivity contribution in [1.82, 2.24) is 24.6 Å². The molecule has 3 heterocycles. The predicted octanol–water partition coefficient (Wildman–Crippen LogP) is 4.55. The van der Waals surface area contributed by atoms with Crippen molar-refractivity contribution in [3.05, 3.63) is 53.6 Å². The molecule has 0 unspecified atom stereocenters. The van der Waals surface area contributed by atoms with E-state index in [1.807, 2.05) is 32.9 Å². The molecule has 0 atom stereocenters. The van der Waals surface area contributed by atoms with Crippen LogP contribution in [0.4, 0.5) is 29.5 Å². The first kappa shape index (κ1) is 23.9. The number of hydrogen-bond acceptors (Lipinski definition) is 6. The zero-order valence-electron chi connectivity index (χ0n) is 18.9. The van der Waals surface area contributed by atoms with Gasteiger partial charge in [0.1, 0.15) is 11.6 Å². The van der Waals surface area contributed by atoms with Crippen LogP contribution < -0.4 is 10.2 Å². The summed E-state index contributed by atoms with van der Waals surface area (Å²) in [7, 11) is 0. The first-order chi connectivity index (χ1) is 16.1. The minimum atomic E-state index is -4.34. The summed E-state index contributed by atoms with van der Waals surface area (Å²) in [6.45, 7) is 7.86. The van der Waals surface area contributed by atoms with Crippen molar-refractivity contribution >= 4 is 29.3 Å². The van der Waals surface area contributed by atoms with E-state index in [0.29, 0.717) is 43.5 Å². The van der Waals surface area contributed by atoms with Crippen LogP contribution >= 0.6 is 11.8 Å². The normalized spacial score (nSPS) is 14.4. The van der Waals surface area contributed by atoms with E-state index in [-0.39, 0.29) is 22.7 Å². The average molecular weight is 492 g/mol. The summed E-state index contributed by atoms with van der Waals surface area (Å²) in [5.41, 5.74) is -2.01. The van der Waals surface area contributed by atoms with E-state index in [1.54, 1.807) is 9.58 Å². The first-order valence-corrected chi connectivity index (χ1v) is 11.4. The first-order valence-electron chi connectivity index (χ1n) is 10.6. The van der Waals surface area contributed by atoms with E-state index in [0.717, 1.165) is 17.2 Å². The molecule has 180 valence electrons. The van der Waals surface area contributed by atoms with Gasteiger partial charge in [-0.2, -0.15) is 18.3 Å². The lowest BCUT2D eigenvalue weighted by Gasteiger charge is -2.35. The molecule has 3 aromatic rings. The molecule has 0 aliphatic carbocycles. The van der Waals surface area contributed by atoms with Crippen LogP contribution in [0.2, 0.25) is 0 Å². The van der Waals surface area contributed by atoms with E-state index < -0.39 is 5.51 Å². The van der Waals surface area contributed by atoms with Gasteiger partial charge in [0.15, 0.2) is 5.82 Å². The van der Waals surface area contributed by atoms with Crippen molar-refractivity contribution in [3.8, 4) is 5.82 Å². The number of benzene rings is 1. The number of carbonyl (C=O) groups is 1. The average Bonchev–Trinajstić information content (AvgIpc) is 3.11. The summed E-state index contributed by atoms with van der Waals surface area (Å²) in [5, 5.41) is 7.24. The van der Waals surface area contributed by atoms with Crippen LogP contribution in [0.3, 0.4) is 0 Å². The highest BCUT2D eigenvalue weighted by Gasteiger charge is 2.29. The molecule has 0 radical (unpaired) electrons. The fourth-order valence-corrected chi connectivity index (χ4v) is 4.29. The third-order valence-corrected chi connectivity index (χ3v) is 6.01. The molecule has 0 bridgehead atoms. The van der Waals surface area contributed by atoms with Crippen molar-refractivity contribution < 1.29 is 18.0 Å². The van der Waals surface area contributed by atoms with E-state index in [4.69, 9.17) is 0 Å². The van der Waals surface area contributed by atoms with Gasteiger partial charge in [0, 0.05) is 48.5 Å². The van der Waals surface area contributed by atoms with Gasteiger partial charge in [-0.1, -0.05) is 0 Å². The second-order valence-corrected chi connectivity index (χ2v) is 9.09. The van der Waals surface area contributed by atoms with Crippen molar-refractivity contribution in [1.29, 1.82) is 0 Å². The topological polar surface area (TPSA) is 79.2 Å². The number of aryl methyl sites for hydroxylation is 3. The molecule has 0 saturated carbocycles. The molecular formula is C22H24F3N7OS. The molecule has 1 N–H and O–H groups in total. The van der Waals surface area contributed by atoms with Gasteiger partial charge in [-0.05, 0) is 62.9 Å². The zero-order valence-corrected chi connectivity index (χ0v) is 19.7. The fourth-order valence-electron chi connectivity index (χ4n) is 3.75. The molecule has 2 aromatic heterocycles. The van der Waals surface area contributed by atoms with Crippen LogP contribution in [0.5, 0.6) is 0 Å². The van der Waals surface area contributed by atoms with Crippen LogP contribution in [0.1, 0.15) is 17.2 Å². The number of amides is 2. The van der Waals surface area contributed by atoms with Crippen LogP contribution in [0, 0.1) is 20.8 Å². The Bertz CT molecular complexity index is 1170. The molecule has 8 nitrogen and oxygen atoms in total. The summed E-state index contributed by atoms with van der Waals surface area (Å²) < 4.78 is 39.2. The lowest BCUT2D eigenvalue weighted by molar-refractivity contribution is -0.0328. The van der Waals surface area contributed by atoms with Crippen LogP contribution in [0.25, 0.3) is 5.82 Å². The highest BCUT2D eigenvalue weighted by atomic mass is 32.2. The van der Waals surface area contributed by atoms with E-state index in [2.05, 4.69) is 25.3 Å². The van der Waals surface area contributed by atoms with Gasteiger partial charge in [-0.25, -0.2) is 19.4 Å². The zero-order chi connectivity index (χ0) is 24.5. The third-order valence-electron chi connectivity index (χ3n) is 5.27. The third kappa shape index (κ3) is 5.79. The Morgan fingerprint density at radius 3 is 2.21 bits per heavy atom. The number of thioether (sulfide) groups is 1. The minimum absolute atomic E-state index is 0.0686. The number of hydrogen-bond donors (Lipinski definition) is 1. The number of rotatable bonds is 4. The van der Waals surface area contributed by atoms with Gasteiger partial charge < -0.3 is 15.1 Å². The number of aromatic nitrogens is 4. The summed E-state index contributed by atoms with van der Waals surface area (Å²) in [4.78, 5) is 25.5. The Hall–Kier alpha value is -3.28. The molecule has 34 heavy (non-hydrogen) atoms. The second kappa shape index (κ2) is 9.53. The molecule has 12 heteroatoms. The lowest BCUT2D eigenvalue weighted by atomic mass is 10.3. The maximum Gasteiger partial charge on any atom is 0.446 e. The Morgan fingerprint density at radius 2 is 1.62 bits per heavy atom. The van der Waals surface area contributed by atoms with Crippen LogP contribution in [-0.2, 0) is 0 Å². The van der Waals surface area contributed by atoms with Crippen molar-refractivity contribution in [3.63, 3.8) is 0 Å². The SMILES string of the molecule is Cc1cc(C)n(-c2cc(N3CCN(C(=O)Nc4ccc(SC(F)(F)F)cc4)CC3)nc(C)n2)n1. The van der Waals surface area contributed by atoms with Gasteiger partial charge in [-0.15, -0.1) is 0 Å². The van der Waals surface area contributed by atoms with Gasteiger partial charge in [0.05, 0.1) is 5.69 Å². The molecule has 4 rings (SSSR count). The summed E-state index contributed by atoms with van der Waals surface area (Å²) in [5.74, 6) is 2.10. The summed E-state index contributed by atoms with van der Waals surface area (Å²) in [6, 6.07) is 9.18. The maximum atomic E-state index is 12.6. The smallest absolute Gasteiger partial charge is 0.353 e. The maximum absolute atomic E-state index is 12.6. The second-order valence-electron chi connectivity index (χ2n) is 7.95. The molecule has 1 saturated heterocycles. The molecule has 1 aliphatic heterocycles. The quantitative estimate of drug-likeness (QED) is 0.540. The molecule has 2 amide bonds. The molecule has 1 aromatic carbocycles. The monoisotopic (exact) mass is 491 g/mol. The van der Waals surface area contributed by atoms with Gasteiger partial charge in [0.2, 0.25) is 0 Å². The Morgan fingerprint density at radius 1 is 0.971 bits per heavy atom. The van der Waals surface area contributed by atoms with Gasteiger partial charge in [-0.3, -0.25) is 0 Å². The molecular weight excluding hydrogens is 467 g/mol. The highest BCUT2D eigenvalue weighted by Crippen LogP contribution is 2.37. The lowest BCUT2D eigenvalue weighted by Crippen LogP contribution is -2.50. The number of piperazine rings is 1. The van der Waals surface area contributed by atoms with Gasteiger partial charge >= 0.3 is 11.5 Å². The number of anilines is 2. The van der Waals surface area contributed by atoms with Crippen molar-refractivity contribution in [2.24, 2.45) is 0 Å². The van der Waals surface area contributed by atoms with E-state index in [1.165, 1.54) is 24.3 Å². The predicted molar refractivity (Wildman–Crippen MR) is 125 cm³/mol. The van der Waals surface area contributed by atoms with Crippen molar-refractivity contribution in [2.75, 3.05) is 36.4 Å². The number of nitrogens with zero attached hydrogens (tertiary/aromatic N) is 6. The Kier molecular flexibility index (Phi) is 6.69. The molecule has 0 spiro atoms. The number of halogens is 3. The summed E-state index contributed by atoms with van der Waals surface area (Å²) >= 11 is -0.188. The van der Waals surface area contributed by atoms with Gasteiger partial charge in [0.25, 0.3) is 0 Å².